The zero-order valence-electron chi connectivity index (χ0n) is 50.2. The molecule has 2 saturated heterocycles. The van der Waals surface area contributed by atoms with Crippen LogP contribution in [0.5, 0.6) is 0 Å². The van der Waals surface area contributed by atoms with Gasteiger partial charge in [0.05, 0.1) is 40.5 Å². The van der Waals surface area contributed by atoms with Crippen molar-refractivity contribution < 1.29 is 77.7 Å². The van der Waals surface area contributed by atoms with Crippen LogP contribution in [-0.4, -0.2) is 156 Å². The molecule has 2 fully saturated rings. The highest BCUT2D eigenvalue weighted by molar-refractivity contribution is 5.92. The van der Waals surface area contributed by atoms with Crippen molar-refractivity contribution in [2.45, 2.75) is 203 Å². The Kier molecular flexibility index (Phi) is 23.4. The van der Waals surface area contributed by atoms with Crippen molar-refractivity contribution in [2.24, 2.45) is 21.7 Å². The molecular formula is C61H94N6O16. The number of carbonyl (C=O) groups excluding carboxylic acids is 8. The van der Waals surface area contributed by atoms with Gasteiger partial charge in [-0.05, 0) is 93.6 Å². The summed E-state index contributed by atoms with van der Waals surface area (Å²) in [4.78, 5) is 111. The number of aryl methyl sites for hydroxylation is 2. The highest BCUT2D eigenvalue weighted by atomic mass is 16.6. The van der Waals surface area contributed by atoms with Gasteiger partial charge in [0.25, 0.3) is 0 Å². The second-order valence-electron chi connectivity index (χ2n) is 26.1. The number of benzene rings is 2. The topological polar surface area (TPSA) is 292 Å². The van der Waals surface area contributed by atoms with Gasteiger partial charge in [-0.3, -0.25) is 19.4 Å². The summed E-state index contributed by atoms with van der Waals surface area (Å²) in [5.41, 5.74) is 5.17. The molecule has 0 aliphatic carbocycles. The zero-order valence-corrected chi connectivity index (χ0v) is 50.2. The Bertz CT molecular complexity index is 2470. The Labute approximate surface area is 489 Å². The monoisotopic (exact) mass is 1170 g/mol. The van der Waals surface area contributed by atoms with E-state index >= 15 is 0 Å². The van der Waals surface area contributed by atoms with Gasteiger partial charge in [-0.15, -0.1) is 0 Å². The van der Waals surface area contributed by atoms with Gasteiger partial charge < -0.3 is 59.8 Å². The molecule has 6 atom stereocenters. The van der Waals surface area contributed by atoms with Gasteiger partial charge in [-0.2, -0.15) is 0 Å². The minimum atomic E-state index is -0.971. The van der Waals surface area contributed by atoms with Crippen molar-refractivity contribution in [3.8, 4) is 0 Å². The third-order valence-electron chi connectivity index (χ3n) is 16.3. The molecule has 2 aromatic rings. The van der Waals surface area contributed by atoms with Crippen LogP contribution in [0.3, 0.4) is 0 Å². The van der Waals surface area contributed by atoms with E-state index < -0.39 is 95.3 Å². The number of alkyl carbamates (subject to hydrolysis) is 2. The number of cyclic esters (lactones) is 2. The van der Waals surface area contributed by atoms with Crippen LogP contribution in [0.25, 0.3) is 0 Å². The molecular weight excluding hydrogens is 1070 g/mol. The number of amides is 6. The van der Waals surface area contributed by atoms with E-state index in [4.69, 9.17) is 28.4 Å². The molecule has 6 amide bonds. The fourth-order valence-electron chi connectivity index (χ4n) is 11.6. The van der Waals surface area contributed by atoms with Crippen LogP contribution in [0.15, 0.2) is 36.4 Å². The lowest BCUT2D eigenvalue weighted by Gasteiger charge is -2.35. The van der Waals surface area contributed by atoms with Crippen LogP contribution in [0.4, 0.5) is 19.2 Å². The van der Waals surface area contributed by atoms with E-state index in [0.29, 0.717) is 26.2 Å². The van der Waals surface area contributed by atoms with Crippen molar-refractivity contribution in [3.63, 3.8) is 0 Å². The molecule has 2 unspecified atom stereocenters. The summed E-state index contributed by atoms with van der Waals surface area (Å²) in [6.45, 7) is 21.6. The smallest absolute Gasteiger partial charge is 0.410 e. The first kappa shape index (κ1) is 68.8. The predicted octanol–water partition coefficient (Wildman–Crippen LogP) is 7.34. The minimum Gasteiger partial charge on any atom is -0.467 e. The van der Waals surface area contributed by atoms with E-state index in [1.54, 1.807) is 9.80 Å². The van der Waals surface area contributed by atoms with Gasteiger partial charge in [0.2, 0.25) is 11.8 Å². The number of nitrogens with zero attached hydrogens (tertiary/aromatic N) is 4. The summed E-state index contributed by atoms with van der Waals surface area (Å²) in [6.07, 6.45) is 3.93. The molecule has 6 aliphatic rings. The normalized spacial score (nSPS) is 25.1. The fraction of sp³-hybridized carbons (Fsp3) is 0.672. The van der Waals surface area contributed by atoms with Gasteiger partial charge in [0.15, 0.2) is 0 Å². The van der Waals surface area contributed by atoms with Crippen LogP contribution in [-0.2, 0) is 86.6 Å². The van der Waals surface area contributed by atoms with E-state index in [1.807, 2.05) is 65.8 Å². The SMILES string of the molecule is C.COC(=O)[C@@H]1CC2CN1C(=O)[C@H](C(C)(C)C)NC(=O)OCC(C)(C)CCCCc1cccc3c1CN(C3)C(=O)O2.COC(=O)[C@@H]1CC2CN1C(=O)[C@H](C(C)(C)C)NC(=O)OCC(C)(C)CCCCc1cccc3c1CN(C3)C(=O)O2.O.O. The molecule has 8 bridgehead atoms. The van der Waals surface area contributed by atoms with E-state index in [-0.39, 0.29) is 68.4 Å². The Morgan fingerprint density at radius 1 is 0.554 bits per heavy atom. The Morgan fingerprint density at radius 2 is 0.904 bits per heavy atom. The lowest BCUT2D eigenvalue weighted by molar-refractivity contribution is -0.152. The maximum Gasteiger partial charge on any atom is 0.410 e. The number of nitrogens with one attached hydrogen (secondary N) is 2. The lowest BCUT2D eigenvalue weighted by Crippen LogP contribution is -2.57. The first-order chi connectivity index (χ1) is 37.6. The second kappa shape index (κ2) is 28.3. The average molecular weight is 1170 g/mol. The number of ether oxygens (including phenoxy) is 6. The molecule has 6 aliphatic heterocycles. The standard InChI is InChI=1S/2C30H43N3O7.CH4.2H2O/c2*1-29(2,3)24-25(34)33-16-21(14-23(33)26(35)38-6)40-28(37)32-15-20-12-9-11-19(22(20)17-32)10-7-8-13-30(4,5)18-39-27(36)31-24;;;/h2*9,11-12,21,23-24H,7-8,10,13-18H2,1-6H3,(H,31,36);1H4;2*1H2/t2*21?,23-,24+;;;/m00.../s1. The van der Waals surface area contributed by atoms with Crippen molar-refractivity contribution in [1.29, 1.82) is 0 Å². The first-order valence-electron chi connectivity index (χ1n) is 28.3. The first-order valence-corrected chi connectivity index (χ1v) is 28.3. The summed E-state index contributed by atoms with van der Waals surface area (Å²) in [6, 6.07) is 8.56. The number of fused-ring (bicyclic) bond motifs is 6. The molecule has 6 heterocycles. The number of esters is 2. The molecule has 464 valence electrons. The third kappa shape index (κ3) is 17.2. The highest BCUT2D eigenvalue weighted by Gasteiger charge is 2.49. The summed E-state index contributed by atoms with van der Waals surface area (Å²) >= 11 is 0. The van der Waals surface area contributed by atoms with Gasteiger partial charge in [0.1, 0.15) is 36.4 Å². The quantitative estimate of drug-likeness (QED) is 0.220. The molecule has 0 spiro atoms. The number of hydrogen-bond donors (Lipinski definition) is 2. The van der Waals surface area contributed by atoms with E-state index in [2.05, 4.69) is 50.5 Å². The van der Waals surface area contributed by atoms with Crippen molar-refractivity contribution in [2.75, 3.05) is 40.5 Å². The largest absolute Gasteiger partial charge is 0.467 e. The predicted molar refractivity (Wildman–Crippen MR) is 308 cm³/mol. The van der Waals surface area contributed by atoms with Crippen LogP contribution >= 0.6 is 0 Å². The summed E-state index contributed by atoms with van der Waals surface area (Å²) < 4.78 is 32.8. The maximum atomic E-state index is 13.8. The minimum absolute atomic E-state index is 0. The van der Waals surface area contributed by atoms with Gasteiger partial charge >= 0.3 is 36.3 Å². The van der Waals surface area contributed by atoms with Crippen LogP contribution in [0, 0.1) is 21.7 Å². The highest BCUT2D eigenvalue weighted by Crippen LogP contribution is 2.35. The van der Waals surface area contributed by atoms with Crippen molar-refractivity contribution in [1.82, 2.24) is 30.2 Å². The van der Waals surface area contributed by atoms with Crippen molar-refractivity contribution in [3.05, 3.63) is 69.8 Å². The Balaban J connectivity index is 0.000000344. The third-order valence-corrected chi connectivity index (χ3v) is 16.3. The van der Waals surface area contributed by atoms with Crippen molar-refractivity contribution >= 4 is 48.1 Å². The molecule has 83 heavy (non-hydrogen) atoms. The molecule has 0 aromatic heterocycles. The summed E-state index contributed by atoms with van der Waals surface area (Å²) in [7, 11) is 2.52. The van der Waals surface area contributed by atoms with E-state index in [0.717, 1.165) is 73.6 Å². The van der Waals surface area contributed by atoms with E-state index in [9.17, 15) is 38.4 Å². The molecule has 22 heteroatoms. The Hall–Kier alpha value is -6.68. The lowest BCUT2D eigenvalue weighted by atomic mass is 9.85. The van der Waals surface area contributed by atoms with Gasteiger partial charge in [-0.1, -0.05) is 126 Å². The fourth-order valence-corrected chi connectivity index (χ4v) is 11.6. The molecule has 2 aromatic carbocycles. The van der Waals surface area contributed by atoms with Crippen LogP contribution in [0.1, 0.15) is 161 Å². The van der Waals surface area contributed by atoms with Crippen LogP contribution in [0.2, 0.25) is 0 Å². The summed E-state index contributed by atoms with van der Waals surface area (Å²) in [5, 5.41) is 5.49. The molecule has 0 radical (unpaired) electrons. The Morgan fingerprint density at radius 3 is 1.24 bits per heavy atom. The maximum absolute atomic E-state index is 13.8. The molecule has 6 N–H and O–H groups in total. The average Bonchev–Trinajstić information content (AvgIpc) is 4.23. The number of hydrogen-bond acceptors (Lipinski definition) is 14. The molecule has 22 nitrogen and oxygen atoms in total. The molecule has 0 saturated carbocycles. The number of methoxy groups -OCH3 is 2. The van der Waals surface area contributed by atoms with E-state index in [1.165, 1.54) is 35.1 Å². The zero-order chi connectivity index (χ0) is 58.5. The summed E-state index contributed by atoms with van der Waals surface area (Å²) in [5.74, 6) is -2.10. The van der Waals surface area contributed by atoms with Gasteiger partial charge in [-0.25, -0.2) is 28.8 Å². The number of carbonyl (C=O) groups is 8. The molecule has 8 rings (SSSR count). The van der Waals surface area contributed by atoms with Gasteiger partial charge in [0, 0.05) is 39.0 Å². The number of rotatable bonds is 2. The van der Waals surface area contributed by atoms with Crippen LogP contribution < -0.4 is 10.6 Å². The second-order valence-corrected chi connectivity index (χ2v) is 26.1.